The molecule has 0 aliphatic rings. The predicted octanol–water partition coefficient (Wildman–Crippen LogP) is 5.59. The van der Waals surface area contributed by atoms with E-state index in [1.165, 1.54) is 16.9 Å². The summed E-state index contributed by atoms with van der Waals surface area (Å²) in [6.07, 6.45) is 0. The van der Waals surface area contributed by atoms with Crippen LogP contribution in [0.1, 0.15) is 10.4 Å². The molecule has 2 aromatic heterocycles. The van der Waals surface area contributed by atoms with Crippen LogP contribution in [-0.4, -0.2) is 9.97 Å². The van der Waals surface area contributed by atoms with Crippen molar-refractivity contribution in [2.75, 3.05) is 0 Å². The Morgan fingerprint density at radius 3 is 2.28 bits per heavy atom. The van der Waals surface area contributed by atoms with E-state index < -0.39 is 0 Å². The SMILES string of the molecule is Cc1ccc(-c2nc3sc(C)c(-c4ccc(Cl)cc4)c3c(=O)[nH]2)cc1. The van der Waals surface area contributed by atoms with Gasteiger partial charge in [0.25, 0.3) is 5.56 Å². The molecular formula is C20H15ClN2OS. The topological polar surface area (TPSA) is 45.8 Å². The smallest absolute Gasteiger partial charge is 0.260 e. The summed E-state index contributed by atoms with van der Waals surface area (Å²) in [7, 11) is 0. The predicted molar refractivity (Wildman–Crippen MR) is 106 cm³/mol. The van der Waals surface area contributed by atoms with Gasteiger partial charge in [0.1, 0.15) is 10.7 Å². The monoisotopic (exact) mass is 366 g/mol. The minimum atomic E-state index is -0.116. The third-order valence-corrected chi connectivity index (χ3v) is 5.45. The van der Waals surface area contributed by atoms with Crippen LogP contribution in [0.25, 0.3) is 32.7 Å². The lowest BCUT2D eigenvalue weighted by molar-refractivity contribution is 1.19. The zero-order valence-electron chi connectivity index (χ0n) is 13.8. The largest absolute Gasteiger partial charge is 0.306 e. The molecule has 0 fully saturated rings. The number of rotatable bonds is 2. The summed E-state index contributed by atoms with van der Waals surface area (Å²) in [4.78, 5) is 22.2. The van der Waals surface area contributed by atoms with E-state index in [-0.39, 0.29) is 5.56 Å². The Morgan fingerprint density at radius 2 is 1.60 bits per heavy atom. The Labute approximate surface area is 154 Å². The number of benzene rings is 2. The number of nitrogens with zero attached hydrogens (tertiary/aromatic N) is 1. The van der Waals surface area contributed by atoms with E-state index in [1.807, 2.05) is 62.4 Å². The molecule has 2 aromatic carbocycles. The Kier molecular flexibility index (Phi) is 3.94. The zero-order valence-corrected chi connectivity index (χ0v) is 15.3. The summed E-state index contributed by atoms with van der Waals surface area (Å²) in [5.41, 5.74) is 3.87. The standard InChI is InChI=1S/C20H15ClN2OS/c1-11-3-5-14(6-4-11)18-22-19(24)17-16(12(2)25-20(17)23-18)13-7-9-15(21)10-8-13/h3-10H,1-2H3,(H,22,23,24). The first-order valence-corrected chi connectivity index (χ1v) is 9.09. The van der Waals surface area contributed by atoms with Crippen molar-refractivity contribution in [2.45, 2.75) is 13.8 Å². The summed E-state index contributed by atoms with van der Waals surface area (Å²) in [5, 5.41) is 1.32. The van der Waals surface area contributed by atoms with Gasteiger partial charge in [0, 0.05) is 21.0 Å². The summed E-state index contributed by atoms with van der Waals surface area (Å²) in [6.45, 7) is 4.05. The Bertz CT molecular complexity index is 1130. The van der Waals surface area contributed by atoms with Crippen LogP contribution < -0.4 is 5.56 Å². The van der Waals surface area contributed by atoms with Crippen molar-refractivity contribution < 1.29 is 0 Å². The van der Waals surface area contributed by atoms with Crippen molar-refractivity contribution in [3.8, 4) is 22.5 Å². The van der Waals surface area contributed by atoms with Gasteiger partial charge in [-0.1, -0.05) is 53.6 Å². The van der Waals surface area contributed by atoms with Gasteiger partial charge >= 0.3 is 0 Å². The second kappa shape index (κ2) is 6.14. The van der Waals surface area contributed by atoms with Gasteiger partial charge in [-0.2, -0.15) is 0 Å². The number of aromatic amines is 1. The quantitative estimate of drug-likeness (QED) is 0.502. The van der Waals surface area contributed by atoms with Crippen LogP contribution in [0.15, 0.2) is 53.3 Å². The maximum atomic E-state index is 12.8. The van der Waals surface area contributed by atoms with Crippen LogP contribution >= 0.6 is 22.9 Å². The lowest BCUT2D eigenvalue weighted by Crippen LogP contribution is -2.09. The molecule has 4 aromatic rings. The van der Waals surface area contributed by atoms with E-state index in [4.69, 9.17) is 16.6 Å². The van der Waals surface area contributed by atoms with E-state index >= 15 is 0 Å². The van der Waals surface area contributed by atoms with Crippen LogP contribution in [0.5, 0.6) is 0 Å². The van der Waals surface area contributed by atoms with Crippen LogP contribution in [0, 0.1) is 13.8 Å². The second-order valence-corrected chi connectivity index (χ2v) is 7.64. The van der Waals surface area contributed by atoms with Gasteiger partial charge in [0.05, 0.1) is 5.39 Å². The fraction of sp³-hybridized carbons (Fsp3) is 0.100. The Balaban J connectivity index is 1.93. The van der Waals surface area contributed by atoms with Gasteiger partial charge in [-0.25, -0.2) is 4.98 Å². The van der Waals surface area contributed by atoms with Crippen molar-refractivity contribution in [3.05, 3.63) is 74.3 Å². The summed E-state index contributed by atoms with van der Waals surface area (Å²) >= 11 is 7.52. The number of halogens is 1. The number of hydrogen-bond acceptors (Lipinski definition) is 3. The molecule has 0 saturated heterocycles. The fourth-order valence-electron chi connectivity index (χ4n) is 2.93. The highest BCUT2D eigenvalue weighted by atomic mass is 35.5. The van der Waals surface area contributed by atoms with Crippen LogP contribution in [0.4, 0.5) is 0 Å². The molecule has 0 saturated carbocycles. The molecule has 25 heavy (non-hydrogen) atoms. The molecule has 3 nitrogen and oxygen atoms in total. The highest BCUT2D eigenvalue weighted by Crippen LogP contribution is 2.36. The minimum Gasteiger partial charge on any atom is -0.306 e. The van der Waals surface area contributed by atoms with Gasteiger partial charge in [-0.05, 0) is 31.5 Å². The van der Waals surface area contributed by atoms with Gasteiger partial charge in [0.2, 0.25) is 0 Å². The van der Waals surface area contributed by atoms with Crippen molar-refractivity contribution in [1.29, 1.82) is 0 Å². The number of hydrogen-bond donors (Lipinski definition) is 1. The summed E-state index contributed by atoms with van der Waals surface area (Å²) < 4.78 is 0. The molecule has 124 valence electrons. The number of aromatic nitrogens is 2. The molecule has 0 amide bonds. The van der Waals surface area contributed by atoms with Crippen molar-refractivity contribution in [3.63, 3.8) is 0 Å². The molecule has 2 heterocycles. The fourth-order valence-corrected chi connectivity index (χ4v) is 4.10. The van der Waals surface area contributed by atoms with E-state index in [2.05, 4.69) is 4.98 Å². The van der Waals surface area contributed by atoms with Gasteiger partial charge in [-0.3, -0.25) is 4.79 Å². The van der Waals surface area contributed by atoms with Crippen molar-refractivity contribution >= 4 is 33.2 Å². The molecule has 1 N–H and O–H groups in total. The minimum absolute atomic E-state index is 0.116. The van der Waals surface area contributed by atoms with Crippen LogP contribution in [0.3, 0.4) is 0 Å². The average Bonchev–Trinajstić information content (AvgIpc) is 2.93. The molecule has 0 radical (unpaired) electrons. The summed E-state index contributed by atoms with van der Waals surface area (Å²) in [6, 6.07) is 15.5. The van der Waals surface area contributed by atoms with Crippen molar-refractivity contribution in [1.82, 2.24) is 9.97 Å². The molecule has 0 atom stereocenters. The Hall–Kier alpha value is -2.43. The summed E-state index contributed by atoms with van der Waals surface area (Å²) in [5.74, 6) is 0.599. The highest BCUT2D eigenvalue weighted by molar-refractivity contribution is 7.19. The number of fused-ring (bicyclic) bond motifs is 1. The lowest BCUT2D eigenvalue weighted by atomic mass is 10.0. The molecular weight excluding hydrogens is 352 g/mol. The van der Waals surface area contributed by atoms with E-state index in [0.29, 0.717) is 16.2 Å². The Morgan fingerprint density at radius 1 is 0.960 bits per heavy atom. The molecule has 0 aliphatic heterocycles. The van der Waals surface area contributed by atoms with Gasteiger partial charge < -0.3 is 4.98 Å². The number of nitrogens with one attached hydrogen (secondary N) is 1. The normalized spacial score (nSPS) is 11.2. The van der Waals surface area contributed by atoms with E-state index in [1.54, 1.807) is 0 Å². The first kappa shape index (κ1) is 16.1. The third kappa shape index (κ3) is 2.88. The zero-order chi connectivity index (χ0) is 17.6. The second-order valence-electron chi connectivity index (χ2n) is 6.00. The first-order chi connectivity index (χ1) is 12.0. The first-order valence-electron chi connectivity index (χ1n) is 7.89. The molecule has 0 aliphatic carbocycles. The molecule has 0 bridgehead atoms. The maximum Gasteiger partial charge on any atom is 0.260 e. The highest BCUT2D eigenvalue weighted by Gasteiger charge is 2.17. The third-order valence-electron chi connectivity index (χ3n) is 4.20. The van der Waals surface area contributed by atoms with Gasteiger partial charge in [-0.15, -0.1) is 11.3 Å². The molecule has 0 unspecified atom stereocenters. The lowest BCUT2D eigenvalue weighted by Gasteiger charge is -2.04. The van der Waals surface area contributed by atoms with E-state index in [0.717, 1.165) is 26.4 Å². The average molecular weight is 367 g/mol. The number of aryl methyl sites for hydroxylation is 2. The molecule has 5 heteroatoms. The maximum absolute atomic E-state index is 12.8. The van der Waals surface area contributed by atoms with E-state index in [9.17, 15) is 4.79 Å². The number of H-pyrrole nitrogens is 1. The van der Waals surface area contributed by atoms with Crippen molar-refractivity contribution in [2.24, 2.45) is 0 Å². The van der Waals surface area contributed by atoms with Gasteiger partial charge in [0.15, 0.2) is 0 Å². The number of thiophene rings is 1. The molecule has 4 rings (SSSR count). The molecule has 0 spiro atoms. The van der Waals surface area contributed by atoms with Crippen LogP contribution in [-0.2, 0) is 0 Å². The van der Waals surface area contributed by atoms with Crippen LogP contribution in [0.2, 0.25) is 5.02 Å².